The minimum absolute atomic E-state index is 0.109. The summed E-state index contributed by atoms with van der Waals surface area (Å²) in [5, 5.41) is 3.45. The summed E-state index contributed by atoms with van der Waals surface area (Å²) in [6, 6.07) is 4.17. The normalized spacial score (nSPS) is 18.1. The fourth-order valence-corrected chi connectivity index (χ4v) is 2.06. The Morgan fingerprint density at radius 3 is 2.75 bits per heavy atom. The zero-order valence-electron chi connectivity index (χ0n) is 10.1. The maximum Gasteiger partial charge on any atom is 0.0802 e. The molecule has 0 aliphatic heterocycles. The molecule has 0 amide bonds. The molecule has 0 bridgehead atoms. The van der Waals surface area contributed by atoms with E-state index in [9.17, 15) is 0 Å². The van der Waals surface area contributed by atoms with Crippen molar-refractivity contribution in [3.05, 3.63) is 29.6 Å². The molecule has 0 atom stereocenters. The van der Waals surface area contributed by atoms with Crippen LogP contribution in [0.2, 0.25) is 0 Å². The second-order valence-electron chi connectivity index (χ2n) is 4.65. The first-order valence-electron chi connectivity index (χ1n) is 5.91. The Kier molecular flexibility index (Phi) is 3.56. The summed E-state index contributed by atoms with van der Waals surface area (Å²) in [5.74, 6) is 0. The van der Waals surface area contributed by atoms with Gasteiger partial charge in [0.05, 0.1) is 5.60 Å². The van der Waals surface area contributed by atoms with Crippen LogP contribution in [0, 0.1) is 6.92 Å². The maximum atomic E-state index is 5.55. The van der Waals surface area contributed by atoms with Gasteiger partial charge in [0.15, 0.2) is 0 Å². The minimum Gasteiger partial charge on any atom is -0.377 e. The van der Waals surface area contributed by atoms with Crippen molar-refractivity contribution in [1.82, 2.24) is 10.3 Å². The van der Waals surface area contributed by atoms with Crippen molar-refractivity contribution in [3.8, 4) is 0 Å². The number of nitrogens with one attached hydrogen (secondary N) is 1. The van der Waals surface area contributed by atoms with E-state index >= 15 is 0 Å². The predicted molar refractivity (Wildman–Crippen MR) is 64.3 cm³/mol. The van der Waals surface area contributed by atoms with Gasteiger partial charge in [-0.2, -0.15) is 0 Å². The van der Waals surface area contributed by atoms with Gasteiger partial charge in [0.25, 0.3) is 0 Å². The third-order valence-corrected chi connectivity index (χ3v) is 3.45. The van der Waals surface area contributed by atoms with Gasteiger partial charge in [-0.1, -0.05) is 6.07 Å². The predicted octanol–water partition coefficient (Wildman–Crippen LogP) is 2.05. The van der Waals surface area contributed by atoms with Gasteiger partial charge >= 0.3 is 0 Å². The number of ether oxygens (including phenoxy) is 1. The van der Waals surface area contributed by atoms with Crippen LogP contribution in [0.3, 0.4) is 0 Å². The highest BCUT2D eigenvalue weighted by molar-refractivity contribution is 5.12. The lowest BCUT2D eigenvalue weighted by molar-refractivity contribution is -0.0695. The van der Waals surface area contributed by atoms with Crippen molar-refractivity contribution in [1.29, 1.82) is 0 Å². The second kappa shape index (κ2) is 4.93. The Morgan fingerprint density at radius 2 is 2.25 bits per heavy atom. The summed E-state index contributed by atoms with van der Waals surface area (Å²) >= 11 is 0. The summed E-state index contributed by atoms with van der Waals surface area (Å²) in [5.41, 5.74) is 2.41. The van der Waals surface area contributed by atoms with Crippen LogP contribution in [0.15, 0.2) is 18.3 Å². The number of hydrogen-bond acceptors (Lipinski definition) is 3. The highest BCUT2D eigenvalue weighted by atomic mass is 16.5. The minimum atomic E-state index is 0.109. The molecule has 0 aromatic carbocycles. The molecule has 1 aliphatic carbocycles. The molecule has 0 radical (unpaired) electrons. The number of aryl methyl sites for hydroxylation is 1. The van der Waals surface area contributed by atoms with Crippen molar-refractivity contribution in [2.75, 3.05) is 13.7 Å². The number of pyridine rings is 1. The van der Waals surface area contributed by atoms with E-state index in [-0.39, 0.29) is 5.60 Å². The van der Waals surface area contributed by atoms with Crippen LogP contribution in [0.5, 0.6) is 0 Å². The standard InChI is InChI=1S/C13H20N2O/c1-11-4-5-12(9-15-11)8-14-10-13(16-2)6-3-7-13/h4-5,9,14H,3,6-8,10H2,1-2H3. The first kappa shape index (κ1) is 11.6. The van der Waals surface area contributed by atoms with E-state index in [0.717, 1.165) is 18.8 Å². The van der Waals surface area contributed by atoms with Crippen LogP contribution in [-0.4, -0.2) is 24.2 Å². The molecule has 1 aromatic rings. The Hall–Kier alpha value is -0.930. The summed E-state index contributed by atoms with van der Waals surface area (Å²) < 4.78 is 5.55. The fourth-order valence-electron chi connectivity index (χ4n) is 2.06. The molecule has 1 heterocycles. The van der Waals surface area contributed by atoms with Crippen molar-refractivity contribution < 1.29 is 4.74 Å². The van der Waals surface area contributed by atoms with Crippen molar-refractivity contribution in [2.24, 2.45) is 0 Å². The highest BCUT2D eigenvalue weighted by Crippen LogP contribution is 2.34. The van der Waals surface area contributed by atoms with Gasteiger partial charge in [-0.3, -0.25) is 4.98 Å². The van der Waals surface area contributed by atoms with Crippen LogP contribution in [0.1, 0.15) is 30.5 Å². The summed E-state index contributed by atoms with van der Waals surface area (Å²) in [6.07, 6.45) is 5.59. The summed E-state index contributed by atoms with van der Waals surface area (Å²) in [6.45, 7) is 3.82. The smallest absolute Gasteiger partial charge is 0.0802 e. The SMILES string of the molecule is COC1(CNCc2ccc(C)nc2)CCC1. The van der Waals surface area contributed by atoms with Gasteiger partial charge in [0, 0.05) is 32.1 Å². The third-order valence-electron chi connectivity index (χ3n) is 3.45. The fraction of sp³-hybridized carbons (Fsp3) is 0.615. The van der Waals surface area contributed by atoms with Gasteiger partial charge < -0.3 is 10.1 Å². The van der Waals surface area contributed by atoms with Crippen LogP contribution in [0.25, 0.3) is 0 Å². The van der Waals surface area contributed by atoms with Gasteiger partial charge in [-0.25, -0.2) is 0 Å². The van der Waals surface area contributed by atoms with E-state index < -0.39 is 0 Å². The molecule has 1 aromatic heterocycles. The van der Waals surface area contributed by atoms with Gasteiger partial charge in [0.2, 0.25) is 0 Å². The van der Waals surface area contributed by atoms with Gasteiger partial charge in [-0.05, 0) is 37.8 Å². The van der Waals surface area contributed by atoms with E-state index in [1.807, 2.05) is 26.3 Å². The van der Waals surface area contributed by atoms with Gasteiger partial charge in [0.1, 0.15) is 0 Å². The molecule has 1 saturated carbocycles. The Labute approximate surface area is 97.2 Å². The lowest BCUT2D eigenvalue weighted by Crippen LogP contribution is -2.47. The molecule has 3 heteroatoms. The van der Waals surface area contributed by atoms with Crippen molar-refractivity contribution in [3.63, 3.8) is 0 Å². The molecule has 1 N–H and O–H groups in total. The summed E-state index contributed by atoms with van der Waals surface area (Å²) in [7, 11) is 1.81. The van der Waals surface area contributed by atoms with E-state index in [4.69, 9.17) is 4.74 Å². The first-order valence-corrected chi connectivity index (χ1v) is 5.91. The zero-order chi connectivity index (χ0) is 11.4. The van der Waals surface area contributed by atoms with E-state index in [2.05, 4.69) is 16.4 Å². The quantitative estimate of drug-likeness (QED) is 0.824. The molecular formula is C13H20N2O. The Morgan fingerprint density at radius 1 is 1.44 bits per heavy atom. The van der Waals surface area contributed by atoms with Gasteiger partial charge in [-0.15, -0.1) is 0 Å². The van der Waals surface area contributed by atoms with Crippen molar-refractivity contribution in [2.45, 2.75) is 38.3 Å². The van der Waals surface area contributed by atoms with Crippen LogP contribution in [0.4, 0.5) is 0 Å². The molecule has 88 valence electrons. The molecule has 0 saturated heterocycles. The molecule has 2 rings (SSSR count). The van der Waals surface area contributed by atoms with Crippen LogP contribution < -0.4 is 5.32 Å². The Bertz CT molecular complexity index is 325. The lowest BCUT2D eigenvalue weighted by Gasteiger charge is -2.40. The van der Waals surface area contributed by atoms with E-state index in [1.165, 1.54) is 24.8 Å². The molecular weight excluding hydrogens is 200 g/mol. The summed E-state index contributed by atoms with van der Waals surface area (Å²) in [4.78, 5) is 4.28. The second-order valence-corrected chi connectivity index (χ2v) is 4.65. The van der Waals surface area contributed by atoms with E-state index in [1.54, 1.807) is 0 Å². The zero-order valence-corrected chi connectivity index (χ0v) is 10.1. The number of hydrogen-bond donors (Lipinski definition) is 1. The number of nitrogens with zero attached hydrogens (tertiary/aromatic N) is 1. The molecule has 16 heavy (non-hydrogen) atoms. The van der Waals surface area contributed by atoms with E-state index in [0.29, 0.717) is 0 Å². The monoisotopic (exact) mass is 220 g/mol. The first-order chi connectivity index (χ1) is 7.74. The van der Waals surface area contributed by atoms with Crippen LogP contribution >= 0.6 is 0 Å². The third kappa shape index (κ3) is 2.60. The molecule has 0 spiro atoms. The topological polar surface area (TPSA) is 34.1 Å². The largest absolute Gasteiger partial charge is 0.377 e. The maximum absolute atomic E-state index is 5.55. The Balaban J connectivity index is 1.77. The molecule has 3 nitrogen and oxygen atoms in total. The number of methoxy groups -OCH3 is 1. The number of aromatic nitrogens is 1. The molecule has 1 aliphatic rings. The average Bonchev–Trinajstić information content (AvgIpc) is 2.25. The molecule has 0 unspecified atom stereocenters. The van der Waals surface area contributed by atoms with Crippen LogP contribution in [-0.2, 0) is 11.3 Å². The molecule has 1 fully saturated rings. The highest BCUT2D eigenvalue weighted by Gasteiger charge is 2.36. The lowest BCUT2D eigenvalue weighted by atomic mass is 9.80. The number of rotatable bonds is 5. The van der Waals surface area contributed by atoms with Crippen molar-refractivity contribution >= 4 is 0 Å². The average molecular weight is 220 g/mol.